The molecule has 0 aliphatic heterocycles. The van der Waals surface area contributed by atoms with Gasteiger partial charge in [0.1, 0.15) is 23.6 Å². The van der Waals surface area contributed by atoms with E-state index >= 15 is 0 Å². The van der Waals surface area contributed by atoms with Gasteiger partial charge in [0.25, 0.3) is 5.91 Å². The van der Waals surface area contributed by atoms with Gasteiger partial charge in [-0.1, -0.05) is 12.1 Å². The molecule has 3 rings (SSSR count). The standard InChI is InChI=1S/C24H28FN3O5/c1-30-11-10-26-24(29)21-16-33-23(27-21)15-28(13-17-4-6-19(25)7-5-17)14-18-12-20(31-2)8-9-22(18)32-3/h4-9,12,16H,10-11,13-15H2,1-3H3,(H,26,29). The fourth-order valence-electron chi connectivity index (χ4n) is 3.30. The number of rotatable bonds is 12. The number of aromatic nitrogens is 1. The van der Waals surface area contributed by atoms with Gasteiger partial charge in [-0.2, -0.15) is 0 Å². The number of carbonyl (C=O) groups excluding carboxylic acids is 1. The van der Waals surface area contributed by atoms with Crippen LogP contribution < -0.4 is 14.8 Å². The van der Waals surface area contributed by atoms with Gasteiger partial charge in [-0.3, -0.25) is 9.69 Å². The third kappa shape index (κ3) is 7.03. The Bertz CT molecular complexity index is 1040. The first-order chi connectivity index (χ1) is 16.0. The summed E-state index contributed by atoms with van der Waals surface area (Å²) in [5, 5.41) is 2.71. The van der Waals surface area contributed by atoms with Crippen LogP contribution in [0.4, 0.5) is 4.39 Å². The number of nitrogens with zero attached hydrogens (tertiary/aromatic N) is 2. The molecule has 0 bridgehead atoms. The maximum Gasteiger partial charge on any atom is 0.273 e. The van der Waals surface area contributed by atoms with Crippen LogP contribution in [0.3, 0.4) is 0 Å². The monoisotopic (exact) mass is 457 g/mol. The van der Waals surface area contributed by atoms with Crippen LogP contribution in [0.2, 0.25) is 0 Å². The number of nitrogens with one attached hydrogen (secondary N) is 1. The Morgan fingerprint density at radius 3 is 2.55 bits per heavy atom. The highest BCUT2D eigenvalue weighted by molar-refractivity contribution is 5.91. The second-order valence-corrected chi connectivity index (χ2v) is 7.32. The lowest BCUT2D eigenvalue weighted by atomic mass is 10.1. The summed E-state index contributed by atoms with van der Waals surface area (Å²) in [4.78, 5) is 18.6. The van der Waals surface area contributed by atoms with Gasteiger partial charge in [0.15, 0.2) is 5.69 Å². The number of carbonyl (C=O) groups is 1. The Morgan fingerprint density at radius 2 is 1.85 bits per heavy atom. The van der Waals surface area contributed by atoms with E-state index in [9.17, 15) is 9.18 Å². The number of methoxy groups -OCH3 is 3. The Labute approximate surface area is 192 Å². The zero-order valence-corrected chi connectivity index (χ0v) is 19.0. The molecule has 0 saturated carbocycles. The van der Waals surface area contributed by atoms with Gasteiger partial charge in [0.2, 0.25) is 5.89 Å². The molecule has 1 amide bonds. The van der Waals surface area contributed by atoms with Crippen molar-refractivity contribution in [3.63, 3.8) is 0 Å². The van der Waals surface area contributed by atoms with E-state index in [4.69, 9.17) is 18.6 Å². The highest BCUT2D eigenvalue weighted by Gasteiger charge is 2.17. The Hall–Kier alpha value is -3.43. The molecule has 1 heterocycles. The molecule has 3 aromatic rings. The minimum atomic E-state index is -0.332. The molecule has 0 saturated heterocycles. The van der Waals surface area contributed by atoms with Crippen molar-refractivity contribution in [3.05, 3.63) is 77.3 Å². The van der Waals surface area contributed by atoms with Gasteiger partial charge in [0.05, 0.1) is 27.4 Å². The van der Waals surface area contributed by atoms with E-state index in [2.05, 4.69) is 15.2 Å². The molecule has 2 aromatic carbocycles. The van der Waals surface area contributed by atoms with Crippen molar-refractivity contribution in [3.8, 4) is 11.5 Å². The third-order valence-corrected chi connectivity index (χ3v) is 4.94. The smallest absolute Gasteiger partial charge is 0.273 e. The van der Waals surface area contributed by atoms with Crippen molar-refractivity contribution >= 4 is 5.91 Å². The summed E-state index contributed by atoms with van der Waals surface area (Å²) >= 11 is 0. The maximum absolute atomic E-state index is 13.4. The molecule has 0 aliphatic rings. The fraction of sp³-hybridized carbons (Fsp3) is 0.333. The molecule has 0 radical (unpaired) electrons. The Kier molecular flexibility index (Phi) is 8.79. The third-order valence-electron chi connectivity index (χ3n) is 4.94. The predicted molar refractivity (Wildman–Crippen MR) is 120 cm³/mol. The molecular weight excluding hydrogens is 429 g/mol. The molecule has 1 N–H and O–H groups in total. The van der Waals surface area contributed by atoms with Gasteiger partial charge in [-0.05, 0) is 35.9 Å². The van der Waals surface area contributed by atoms with E-state index in [1.165, 1.54) is 18.4 Å². The Balaban J connectivity index is 1.79. The molecule has 9 heteroatoms. The Morgan fingerprint density at radius 1 is 1.06 bits per heavy atom. The summed E-state index contributed by atoms with van der Waals surface area (Å²) in [5.41, 5.74) is 2.02. The topological polar surface area (TPSA) is 86.1 Å². The summed E-state index contributed by atoms with van der Waals surface area (Å²) in [6.07, 6.45) is 1.33. The number of hydrogen-bond acceptors (Lipinski definition) is 7. The van der Waals surface area contributed by atoms with Crippen molar-refractivity contribution < 1.29 is 27.8 Å². The number of benzene rings is 2. The van der Waals surface area contributed by atoms with E-state index in [1.54, 1.807) is 33.5 Å². The largest absolute Gasteiger partial charge is 0.497 e. The van der Waals surface area contributed by atoms with Crippen LogP contribution in [0.25, 0.3) is 0 Å². The van der Waals surface area contributed by atoms with E-state index in [1.807, 2.05) is 18.2 Å². The summed E-state index contributed by atoms with van der Waals surface area (Å²) in [7, 11) is 4.78. The van der Waals surface area contributed by atoms with Crippen molar-refractivity contribution in [2.45, 2.75) is 19.6 Å². The van der Waals surface area contributed by atoms with Gasteiger partial charge >= 0.3 is 0 Å². The summed E-state index contributed by atoms with van der Waals surface area (Å²) in [6.45, 7) is 2.09. The number of oxazole rings is 1. The minimum Gasteiger partial charge on any atom is -0.497 e. The molecule has 0 aliphatic carbocycles. The molecule has 176 valence electrons. The van der Waals surface area contributed by atoms with Crippen molar-refractivity contribution in [1.29, 1.82) is 0 Å². The zero-order valence-electron chi connectivity index (χ0n) is 19.0. The predicted octanol–water partition coefficient (Wildman–Crippen LogP) is 3.41. The van der Waals surface area contributed by atoms with E-state index < -0.39 is 0 Å². The molecule has 8 nitrogen and oxygen atoms in total. The fourth-order valence-corrected chi connectivity index (χ4v) is 3.30. The summed E-state index contributed by atoms with van der Waals surface area (Å²) in [5.74, 6) is 1.18. The first-order valence-electron chi connectivity index (χ1n) is 10.4. The quantitative estimate of drug-likeness (QED) is 0.417. The highest BCUT2D eigenvalue weighted by atomic mass is 19.1. The van der Waals surface area contributed by atoms with Gasteiger partial charge in [0, 0.05) is 32.3 Å². The lowest BCUT2D eigenvalue weighted by Gasteiger charge is -2.22. The maximum atomic E-state index is 13.4. The number of ether oxygens (including phenoxy) is 3. The summed E-state index contributed by atoms with van der Waals surface area (Å²) < 4.78 is 34.7. The van der Waals surface area contributed by atoms with Gasteiger partial charge < -0.3 is 23.9 Å². The first-order valence-corrected chi connectivity index (χ1v) is 10.4. The number of hydrogen-bond donors (Lipinski definition) is 1. The van der Waals surface area contributed by atoms with Crippen molar-refractivity contribution in [2.24, 2.45) is 0 Å². The van der Waals surface area contributed by atoms with Crippen LogP contribution >= 0.6 is 0 Å². The SMILES string of the molecule is COCCNC(=O)c1coc(CN(Cc2ccc(F)cc2)Cc2cc(OC)ccc2OC)n1. The molecule has 0 atom stereocenters. The van der Waals surface area contributed by atoms with Crippen LogP contribution in [-0.4, -0.2) is 50.3 Å². The van der Waals surface area contributed by atoms with Crippen LogP contribution in [0.5, 0.6) is 11.5 Å². The average Bonchev–Trinajstić information content (AvgIpc) is 3.29. The molecular formula is C24H28FN3O5. The van der Waals surface area contributed by atoms with Crippen LogP contribution in [0.1, 0.15) is 27.5 Å². The average molecular weight is 458 g/mol. The summed E-state index contributed by atoms with van der Waals surface area (Å²) in [6, 6.07) is 11.9. The van der Waals surface area contributed by atoms with Crippen LogP contribution in [0, 0.1) is 5.82 Å². The molecule has 33 heavy (non-hydrogen) atoms. The van der Waals surface area contributed by atoms with Gasteiger partial charge in [-0.15, -0.1) is 0 Å². The molecule has 0 fully saturated rings. The van der Waals surface area contributed by atoms with Crippen molar-refractivity contribution in [2.75, 3.05) is 34.5 Å². The normalized spacial score (nSPS) is 10.9. The van der Waals surface area contributed by atoms with Gasteiger partial charge in [-0.25, -0.2) is 9.37 Å². The lowest BCUT2D eigenvalue weighted by molar-refractivity contribution is 0.0932. The molecule has 0 spiro atoms. The molecule has 0 unspecified atom stereocenters. The second-order valence-electron chi connectivity index (χ2n) is 7.32. The minimum absolute atomic E-state index is 0.196. The van der Waals surface area contributed by atoms with Crippen LogP contribution in [0.15, 0.2) is 53.1 Å². The first kappa shape index (κ1) is 24.2. The van der Waals surface area contributed by atoms with Crippen molar-refractivity contribution in [1.82, 2.24) is 15.2 Å². The van der Waals surface area contributed by atoms with Crippen LogP contribution in [-0.2, 0) is 24.4 Å². The number of amides is 1. The highest BCUT2D eigenvalue weighted by Crippen LogP contribution is 2.26. The van der Waals surface area contributed by atoms with E-state index in [0.717, 1.165) is 11.1 Å². The lowest BCUT2D eigenvalue weighted by Crippen LogP contribution is -2.27. The second kappa shape index (κ2) is 12.0. The number of halogens is 1. The molecule has 1 aromatic heterocycles. The zero-order chi connectivity index (χ0) is 23.6. The van der Waals surface area contributed by atoms with E-state index in [0.29, 0.717) is 50.2 Å². The van der Waals surface area contributed by atoms with E-state index in [-0.39, 0.29) is 17.4 Å².